The average Bonchev–Trinajstić information content (AvgIpc) is 3.05. The molecule has 0 N–H and O–H groups in total. The second-order valence-corrected chi connectivity index (χ2v) is 6.60. The van der Waals surface area contributed by atoms with E-state index >= 15 is 0 Å². The van der Waals surface area contributed by atoms with Gasteiger partial charge in [0.15, 0.2) is 0 Å². The van der Waals surface area contributed by atoms with Gasteiger partial charge in [0, 0.05) is 18.3 Å². The lowest BCUT2D eigenvalue weighted by atomic mass is 9.97. The van der Waals surface area contributed by atoms with Crippen molar-refractivity contribution in [3.05, 3.63) is 65.5 Å². The fourth-order valence-corrected chi connectivity index (χ4v) is 3.60. The van der Waals surface area contributed by atoms with E-state index in [1.807, 2.05) is 55.5 Å². The number of hydrogen-bond acceptors (Lipinski definition) is 4. The van der Waals surface area contributed by atoms with Crippen molar-refractivity contribution in [2.24, 2.45) is 7.05 Å². The molecule has 5 heteroatoms. The first-order valence-corrected chi connectivity index (χ1v) is 9.59. The Morgan fingerprint density at radius 1 is 1.00 bits per heavy atom. The lowest BCUT2D eigenvalue weighted by molar-refractivity contribution is 0.0516. The summed E-state index contributed by atoms with van der Waals surface area (Å²) in [5.74, 6) is 0.389. The Labute approximate surface area is 171 Å². The molecule has 0 aliphatic heterocycles. The van der Waals surface area contributed by atoms with Gasteiger partial charge in [-0.15, -0.1) is 0 Å². The Bertz CT molecular complexity index is 1060. The first kappa shape index (κ1) is 20.2. The van der Waals surface area contributed by atoms with Crippen molar-refractivity contribution in [2.75, 3.05) is 13.7 Å². The molecule has 1 aromatic heterocycles. The Morgan fingerprint density at radius 2 is 1.55 bits per heavy atom. The van der Waals surface area contributed by atoms with Gasteiger partial charge in [-0.3, -0.25) is 0 Å². The van der Waals surface area contributed by atoms with Crippen LogP contribution in [0.4, 0.5) is 0 Å². The van der Waals surface area contributed by atoms with Gasteiger partial charge in [0.2, 0.25) is 0 Å². The Kier molecular flexibility index (Phi) is 6.04. The summed E-state index contributed by atoms with van der Waals surface area (Å²) in [6, 6.07) is 18.0. The second kappa shape index (κ2) is 8.66. The van der Waals surface area contributed by atoms with Gasteiger partial charge in [-0.2, -0.15) is 5.26 Å². The molecule has 0 amide bonds. The summed E-state index contributed by atoms with van der Waals surface area (Å²) in [5, 5.41) is 9.80. The minimum Gasteiger partial charge on any atom is -0.497 e. The normalized spacial score (nSPS) is 10.4. The Balaban J connectivity index is 2.10. The molecule has 5 nitrogen and oxygen atoms in total. The highest BCUT2D eigenvalue weighted by molar-refractivity contribution is 5.98. The van der Waals surface area contributed by atoms with Crippen LogP contribution < -0.4 is 4.74 Å². The molecule has 0 spiro atoms. The highest BCUT2D eigenvalue weighted by Gasteiger charge is 2.26. The van der Waals surface area contributed by atoms with E-state index in [0.717, 1.165) is 28.1 Å². The van der Waals surface area contributed by atoms with Gasteiger partial charge >= 0.3 is 5.97 Å². The lowest BCUT2D eigenvalue weighted by Gasteiger charge is -2.09. The average molecular weight is 388 g/mol. The van der Waals surface area contributed by atoms with Crippen molar-refractivity contribution in [1.29, 1.82) is 5.26 Å². The zero-order chi connectivity index (χ0) is 21.0. The SMILES string of the molecule is CCOC(=O)c1c(-c2ccc(-c3ccc(OC)cc3)cc2)c(C#N)c(CC)n1C. The number of nitriles is 1. The van der Waals surface area contributed by atoms with Gasteiger partial charge in [0.1, 0.15) is 17.5 Å². The zero-order valence-corrected chi connectivity index (χ0v) is 17.2. The number of nitrogens with zero attached hydrogens (tertiary/aromatic N) is 2. The van der Waals surface area contributed by atoms with Gasteiger partial charge in [-0.05, 0) is 42.2 Å². The number of esters is 1. The number of aromatic nitrogens is 1. The predicted octanol–water partition coefficient (Wildman–Crippen LogP) is 4.98. The van der Waals surface area contributed by atoms with E-state index in [4.69, 9.17) is 9.47 Å². The standard InChI is InChI=1S/C24H24N2O3/c1-5-21-20(15-25)22(23(26(21)3)24(27)29-6-2)18-9-7-16(8-10-18)17-11-13-19(28-4)14-12-17/h7-14H,5-6H2,1-4H3. The van der Waals surface area contributed by atoms with E-state index in [1.165, 1.54) is 0 Å². The molecule has 148 valence electrons. The molecule has 0 aliphatic carbocycles. The number of carbonyl (C=O) groups is 1. The summed E-state index contributed by atoms with van der Waals surface area (Å²) in [5.41, 5.74) is 5.31. The molecule has 0 saturated heterocycles. The minimum absolute atomic E-state index is 0.281. The summed E-state index contributed by atoms with van der Waals surface area (Å²) >= 11 is 0. The van der Waals surface area contributed by atoms with Crippen LogP contribution in [-0.2, 0) is 18.2 Å². The molecular weight excluding hydrogens is 364 g/mol. The quantitative estimate of drug-likeness (QED) is 0.559. The highest BCUT2D eigenvalue weighted by Crippen LogP contribution is 2.34. The number of hydrogen-bond donors (Lipinski definition) is 0. The predicted molar refractivity (Wildman–Crippen MR) is 113 cm³/mol. The molecule has 0 aliphatic rings. The van der Waals surface area contributed by atoms with Gasteiger partial charge in [-0.1, -0.05) is 43.3 Å². The molecule has 2 aromatic carbocycles. The third kappa shape index (κ3) is 3.74. The van der Waals surface area contributed by atoms with Crippen molar-refractivity contribution in [2.45, 2.75) is 20.3 Å². The number of carbonyl (C=O) groups excluding carboxylic acids is 1. The first-order valence-electron chi connectivity index (χ1n) is 9.59. The van der Waals surface area contributed by atoms with Gasteiger partial charge in [-0.25, -0.2) is 4.79 Å². The molecule has 3 aromatic rings. The molecule has 29 heavy (non-hydrogen) atoms. The molecule has 3 rings (SSSR count). The van der Waals surface area contributed by atoms with Crippen LogP contribution in [0.25, 0.3) is 22.3 Å². The van der Waals surface area contributed by atoms with Crippen LogP contribution in [0.3, 0.4) is 0 Å². The molecule has 0 atom stereocenters. The third-order valence-electron chi connectivity index (χ3n) is 5.03. The number of benzene rings is 2. The Morgan fingerprint density at radius 3 is 2.03 bits per heavy atom. The first-order chi connectivity index (χ1) is 14.0. The van der Waals surface area contributed by atoms with Gasteiger partial charge in [0.25, 0.3) is 0 Å². The molecule has 0 fully saturated rings. The van der Waals surface area contributed by atoms with E-state index in [0.29, 0.717) is 23.2 Å². The fraction of sp³-hybridized carbons (Fsp3) is 0.250. The van der Waals surface area contributed by atoms with Crippen molar-refractivity contribution >= 4 is 5.97 Å². The maximum Gasteiger partial charge on any atom is 0.355 e. The molecule has 1 heterocycles. The Hall–Kier alpha value is -3.52. The van der Waals surface area contributed by atoms with Crippen LogP contribution in [-0.4, -0.2) is 24.3 Å². The van der Waals surface area contributed by atoms with Crippen molar-refractivity contribution in [1.82, 2.24) is 4.57 Å². The topological polar surface area (TPSA) is 64.2 Å². The van der Waals surface area contributed by atoms with Crippen LogP contribution in [0.2, 0.25) is 0 Å². The lowest BCUT2D eigenvalue weighted by Crippen LogP contribution is -2.12. The summed E-state index contributed by atoms with van der Waals surface area (Å²) in [7, 11) is 3.45. The summed E-state index contributed by atoms with van der Waals surface area (Å²) < 4.78 is 12.3. The molecule has 0 radical (unpaired) electrons. The van der Waals surface area contributed by atoms with Crippen LogP contribution in [0.5, 0.6) is 5.75 Å². The van der Waals surface area contributed by atoms with Crippen LogP contribution >= 0.6 is 0 Å². The minimum atomic E-state index is -0.416. The molecule has 0 unspecified atom stereocenters. The van der Waals surface area contributed by atoms with Gasteiger partial charge < -0.3 is 14.0 Å². The number of ether oxygens (including phenoxy) is 2. The second-order valence-electron chi connectivity index (χ2n) is 6.60. The van der Waals surface area contributed by atoms with Crippen molar-refractivity contribution in [3.63, 3.8) is 0 Å². The zero-order valence-electron chi connectivity index (χ0n) is 17.2. The molecule has 0 bridgehead atoms. The maximum atomic E-state index is 12.6. The van der Waals surface area contributed by atoms with E-state index in [2.05, 4.69) is 6.07 Å². The van der Waals surface area contributed by atoms with Gasteiger partial charge in [0.05, 0.1) is 19.3 Å². The third-order valence-corrected chi connectivity index (χ3v) is 5.03. The smallest absolute Gasteiger partial charge is 0.355 e. The van der Waals surface area contributed by atoms with Crippen molar-refractivity contribution in [3.8, 4) is 34.1 Å². The summed E-state index contributed by atoms with van der Waals surface area (Å²) in [6.07, 6.45) is 0.649. The fourth-order valence-electron chi connectivity index (χ4n) is 3.60. The largest absolute Gasteiger partial charge is 0.497 e. The number of rotatable bonds is 6. The highest BCUT2D eigenvalue weighted by atomic mass is 16.5. The van der Waals surface area contributed by atoms with Crippen molar-refractivity contribution < 1.29 is 14.3 Å². The van der Waals surface area contributed by atoms with E-state index in [-0.39, 0.29) is 6.61 Å². The van der Waals surface area contributed by atoms with Crippen LogP contribution in [0, 0.1) is 11.3 Å². The van der Waals surface area contributed by atoms with Crippen LogP contribution in [0.15, 0.2) is 48.5 Å². The summed E-state index contributed by atoms with van der Waals surface area (Å²) in [6.45, 7) is 4.03. The summed E-state index contributed by atoms with van der Waals surface area (Å²) in [4.78, 5) is 12.6. The van der Waals surface area contributed by atoms with E-state index in [1.54, 1.807) is 25.6 Å². The monoisotopic (exact) mass is 388 g/mol. The van der Waals surface area contributed by atoms with Crippen LogP contribution in [0.1, 0.15) is 35.6 Å². The van der Waals surface area contributed by atoms with E-state index < -0.39 is 5.97 Å². The molecular formula is C24H24N2O3. The van der Waals surface area contributed by atoms with E-state index in [9.17, 15) is 10.1 Å². The maximum absolute atomic E-state index is 12.6. The number of methoxy groups -OCH3 is 1. The molecule has 0 saturated carbocycles.